The van der Waals surface area contributed by atoms with Gasteiger partial charge in [0.05, 0.1) is 5.56 Å². The van der Waals surface area contributed by atoms with Gasteiger partial charge in [0, 0.05) is 35.9 Å². The number of ether oxygens (including phenoxy) is 1. The Morgan fingerprint density at radius 2 is 1.82 bits per heavy atom. The third-order valence-corrected chi connectivity index (χ3v) is 5.64. The Morgan fingerprint density at radius 1 is 1.09 bits per heavy atom. The lowest BCUT2D eigenvalue weighted by atomic mass is 10.2. The Morgan fingerprint density at radius 3 is 2.52 bits per heavy atom. The molecule has 9 heteroatoms. The first-order valence-electron chi connectivity index (χ1n) is 10.2. The molecule has 2 aromatic heterocycles. The molecule has 0 fully saturated rings. The lowest BCUT2D eigenvalue weighted by Gasteiger charge is -2.24. The fraction of sp³-hybridized carbons (Fsp3) is 0.250. The molecule has 3 aromatic rings. The van der Waals surface area contributed by atoms with E-state index in [1.807, 2.05) is 32.9 Å². The summed E-state index contributed by atoms with van der Waals surface area (Å²) >= 11 is 7.33. The third kappa shape index (κ3) is 7.20. The van der Waals surface area contributed by atoms with Gasteiger partial charge in [0.2, 0.25) is 0 Å². The van der Waals surface area contributed by atoms with E-state index in [2.05, 4.69) is 15.3 Å². The standard InChI is InChI=1S/C24H25ClN4O3S/c1-24(2,3)32-23(31)29(4)20-14-16(11-13-26-20)15-33-22-19(6-5-12-27-22)21(30)28-18-9-7-17(25)8-10-18/h5-14H,15H2,1-4H3,(H,28,30). The summed E-state index contributed by atoms with van der Waals surface area (Å²) in [4.78, 5) is 35.1. The average molecular weight is 485 g/mol. The minimum absolute atomic E-state index is 0.256. The fourth-order valence-electron chi connectivity index (χ4n) is 2.72. The van der Waals surface area contributed by atoms with Gasteiger partial charge in [-0.15, -0.1) is 11.8 Å². The molecule has 172 valence electrons. The molecule has 0 unspecified atom stereocenters. The van der Waals surface area contributed by atoms with Gasteiger partial charge in [0.1, 0.15) is 16.4 Å². The second-order valence-electron chi connectivity index (χ2n) is 8.17. The number of pyridine rings is 2. The Balaban J connectivity index is 1.69. The van der Waals surface area contributed by atoms with Crippen LogP contribution in [0.2, 0.25) is 5.02 Å². The average Bonchev–Trinajstić information content (AvgIpc) is 2.78. The number of hydrogen-bond acceptors (Lipinski definition) is 6. The zero-order valence-corrected chi connectivity index (χ0v) is 20.4. The Labute approximate surface area is 202 Å². The van der Waals surface area contributed by atoms with Crippen LogP contribution in [0.4, 0.5) is 16.3 Å². The summed E-state index contributed by atoms with van der Waals surface area (Å²) in [6.45, 7) is 5.44. The van der Waals surface area contributed by atoms with E-state index >= 15 is 0 Å². The van der Waals surface area contributed by atoms with Crippen molar-refractivity contribution in [1.29, 1.82) is 0 Å². The van der Waals surface area contributed by atoms with Gasteiger partial charge >= 0.3 is 6.09 Å². The van der Waals surface area contributed by atoms with Crippen molar-refractivity contribution >= 4 is 46.9 Å². The highest BCUT2D eigenvalue weighted by atomic mass is 35.5. The normalized spacial score (nSPS) is 11.1. The summed E-state index contributed by atoms with van der Waals surface area (Å²) in [5.41, 5.74) is 1.45. The van der Waals surface area contributed by atoms with Crippen molar-refractivity contribution in [2.24, 2.45) is 0 Å². The number of carbonyl (C=O) groups excluding carboxylic acids is 2. The highest BCUT2D eigenvalue weighted by molar-refractivity contribution is 7.98. The van der Waals surface area contributed by atoms with Gasteiger partial charge in [0.15, 0.2) is 0 Å². The summed E-state index contributed by atoms with van der Waals surface area (Å²) in [5, 5.41) is 4.06. The number of aromatic nitrogens is 2. The van der Waals surface area contributed by atoms with E-state index in [4.69, 9.17) is 16.3 Å². The van der Waals surface area contributed by atoms with Crippen molar-refractivity contribution in [3.63, 3.8) is 0 Å². The van der Waals surface area contributed by atoms with Crippen molar-refractivity contribution in [2.75, 3.05) is 17.3 Å². The van der Waals surface area contributed by atoms with Gasteiger partial charge in [-0.3, -0.25) is 9.69 Å². The van der Waals surface area contributed by atoms with Crippen LogP contribution < -0.4 is 10.2 Å². The number of nitrogens with one attached hydrogen (secondary N) is 1. The molecule has 1 N–H and O–H groups in total. The van der Waals surface area contributed by atoms with E-state index in [-0.39, 0.29) is 5.91 Å². The predicted octanol–water partition coefficient (Wildman–Crippen LogP) is 6.05. The highest BCUT2D eigenvalue weighted by Crippen LogP contribution is 2.26. The largest absolute Gasteiger partial charge is 0.443 e. The molecule has 0 aliphatic heterocycles. The molecule has 0 spiro atoms. The number of benzene rings is 1. The van der Waals surface area contributed by atoms with Crippen molar-refractivity contribution in [2.45, 2.75) is 37.2 Å². The molecular weight excluding hydrogens is 460 g/mol. The molecule has 0 saturated carbocycles. The van der Waals surface area contributed by atoms with Crippen LogP contribution in [0.5, 0.6) is 0 Å². The van der Waals surface area contributed by atoms with Crippen molar-refractivity contribution in [3.8, 4) is 0 Å². The van der Waals surface area contributed by atoms with E-state index in [0.29, 0.717) is 32.9 Å². The lowest BCUT2D eigenvalue weighted by Crippen LogP contribution is -2.34. The van der Waals surface area contributed by atoms with Crippen LogP contribution in [0.3, 0.4) is 0 Å². The first-order valence-corrected chi connectivity index (χ1v) is 11.5. The Hall–Kier alpha value is -3.10. The van der Waals surface area contributed by atoms with Crippen LogP contribution in [0.1, 0.15) is 36.7 Å². The topological polar surface area (TPSA) is 84.4 Å². The van der Waals surface area contributed by atoms with Gasteiger partial charge in [-0.25, -0.2) is 14.8 Å². The minimum atomic E-state index is -0.596. The zero-order chi connectivity index (χ0) is 24.0. The van der Waals surface area contributed by atoms with E-state index in [1.165, 1.54) is 16.7 Å². The monoisotopic (exact) mass is 484 g/mol. The predicted molar refractivity (Wildman–Crippen MR) is 132 cm³/mol. The zero-order valence-electron chi connectivity index (χ0n) is 18.8. The molecule has 0 aliphatic carbocycles. The maximum atomic E-state index is 12.8. The van der Waals surface area contributed by atoms with Gasteiger partial charge in [-0.1, -0.05) is 11.6 Å². The van der Waals surface area contributed by atoms with E-state index < -0.39 is 11.7 Å². The number of thioether (sulfide) groups is 1. The van der Waals surface area contributed by atoms with Gasteiger partial charge < -0.3 is 10.1 Å². The van der Waals surface area contributed by atoms with Gasteiger partial charge in [-0.05, 0) is 74.9 Å². The maximum absolute atomic E-state index is 12.8. The van der Waals surface area contributed by atoms with Crippen molar-refractivity contribution in [1.82, 2.24) is 9.97 Å². The summed E-state index contributed by atoms with van der Waals surface area (Å²) < 4.78 is 5.40. The first-order chi connectivity index (χ1) is 15.6. The number of anilines is 2. The molecule has 0 bridgehead atoms. The maximum Gasteiger partial charge on any atom is 0.415 e. The first kappa shape index (κ1) is 24.5. The number of carbonyl (C=O) groups is 2. The molecule has 7 nitrogen and oxygen atoms in total. The number of rotatable bonds is 6. The number of amides is 2. The molecule has 1 aromatic carbocycles. The van der Waals surface area contributed by atoms with Gasteiger partial charge in [0.25, 0.3) is 5.91 Å². The molecule has 3 rings (SSSR count). The molecule has 2 amide bonds. The molecule has 0 atom stereocenters. The van der Waals surface area contributed by atoms with Crippen LogP contribution in [0.15, 0.2) is 66.0 Å². The molecule has 0 saturated heterocycles. The molecule has 0 radical (unpaired) electrons. The SMILES string of the molecule is CN(C(=O)OC(C)(C)C)c1cc(CSc2ncccc2C(=O)Nc2ccc(Cl)cc2)ccn1. The molecular formula is C24H25ClN4O3S. The van der Waals surface area contributed by atoms with Crippen LogP contribution in [0, 0.1) is 0 Å². The van der Waals surface area contributed by atoms with Crippen molar-refractivity contribution < 1.29 is 14.3 Å². The van der Waals surface area contributed by atoms with Crippen LogP contribution in [-0.2, 0) is 10.5 Å². The van der Waals surface area contributed by atoms with E-state index in [1.54, 1.807) is 55.8 Å². The Kier molecular flexibility index (Phi) is 7.94. The van der Waals surface area contributed by atoms with Crippen LogP contribution >= 0.6 is 23.4 Å². The van der Waals surface area contributed by atoms with E-state index in [0.717, 1.165) is 5.56 Å². The summed E-state index contributed by atoms with van der Waals surface area (Å²) in [7, 11) is 1.62. The second kappa shape index (κ2) is 10.7. The molecule has 2 heterocycles. The minimum Gasteiger partial charge on any atom is -0.443 e. The number of hydrogen-bond donors (Lipinski definition) is 1. The van der Waals surface area contributed by atoms with Crippen LogP contribution in [0.25, 0.3) is 0 Å². The second-order valence-corrected chi connectivity index (χ2v) is 9.57. The molecule has 33 heavy (non-hydrogen) atoms. The highest BCUT2D eigenvalue weighted by Gasteiger charge is 2.21. The third-order valence-electron chi connectivity index (χ3n) is 4.31. The van der Waals surface area contributed by atoms with Gasteiger partial charge in [-0.2, -0.15) is 0 Å². The summed E-state index contributed by atoms with van der Waals surface area (Å²) in [6, 6.07) is 14.0. The quantitative estimate of drug-likeness (QED) is 0.429. The number of halogens is 1. The fourth-order valence-corrected chi connectivity index (χ4v) is 3.78. The van der Waals surface area contributed by atoms with Crippen molar-refractivity contribution in [3.05, 3.63) is 77.1 Å². The van der Waals surface area contributed by atoms with E-state index in [9.17, 15) is 9.59 Å². The Bertz CT molecular complexity index is 1130. The van der Waals surface area contributed by atoms with Crippen LogP contribution in [-0.4, -0.2) is 34.6 Å². The lowest BCUT2D eigenvalue weighted by molar-refractivity contribution is 0.0588. The number of nitrogens with zero attached hydrogens (tertiary/aromatic N) is 3. The smallest absolute Gasteiger partial charge is 0.415 e. The summed E-state index contributed by atoms with van der Waals surface area (Å²) in [5.74, 6) is 0.757. The molecule has 0 aliphatic rings. The summed E-state index contributed by atoms with van der Waals surface area (Å²) in [6.07, 6.45) is 2.81.